The van der Waals surface area contributed by atoms with Crippen LogP contribution in [-0.4, -0.2) is 46.7 Å². The van der Waals surface area contributed by atoms with Crippen molar-refractivity contribution < 1.29 is 23.6 Å². The SMILES string of the molecule is NC(=O)O[C@@H](C(=O)N1CC[C@H]1C(=O)NCc1ccc2c(N)noc2c1)C1CCCCC1. The first-order chi connectivity index (χ1) is 14.9. The van der Waals surface area contributed by atoms with Crippen LogP contribution in [0.4, 0.5) is 10.6 Å². The largest absolute Gasteiger partial charge is 0.436 e. The molecule has 5 N–H and O–H groups in total. The number of likely N-dealkylation sites (tertiary alicyclic amines) is 1. The summed E-state index contributed by atoms with van der Waals surface area (Å²) in [6, 6.07) is 4.81. The molecule has 1 aromatic carbocycles. The summed E-state index contributed by atoms with van der Waals surface area (Å²) in [5, 5.41) is 7.29. The highest BCUT2D eigenvalue weighted by atomic mass is 16.6. The number of amides is 3. The van der Waals surface area contributed by atoms with E-state index in [0.29, 0.717) is 29.8 Å². The number of carbonyl (C=O) groups is 3. The monoisotopic (exact) mass is 429 g/mol. The summed E-state index contributed by atoms with van der Waals surface area (Å²) in [6.45, 7) is 0.726. The molecule has 2 heterocycles. The minimum Gasteiger partial charge on any atom is -0.436 e. The summed E-state index contributed by atoms with van der Waals surface area (Å²) >= 11 is 0. The topological polar surface area (TPSA) is 154 Å². The maximum absolute atomic E-state index is 13.1. The molecule has 31 heavy (non-hydrogen) atoms. The van der Waals surface area contributed by atoms with E-state index >= 15 is 0 Å². The van der Waals surface area contributed by atoms with E-state index in [-0.39, 0.29) is 24.3 Å². The summed E-state index contributed by atoms with van der Waals surface area (Å²) in [5.74, 6) is -0.326. The highest BCUT2D eigenvalue weighted by Crippen LogP contribution is 2.31. The molecule has 1 aromatic heterocycles. The lowest BCUT2D eigenvalue weighted by molar-refractivity contribution is -0.157. The molecule has 10 nitrogen and oxygen atoms in total. The third kappa shape index (κ3) is 4.42. The number of hydrogen-bond donors (Lipinski definition) is 3. The minimum absolute atomic E-state index is 0.0564. The number of anilines is 1. The van der Waals surface area contributed by atoms with Crippen LogP contribution in [0.2, 0.25) is 0 Å². The lowest BCUT2D eigenvalue weighted by Gasteiger charge is -2.42. The van der Waals surface area contributed by atoms with E-state index in [9.17, 15) is 14.4 Å². The smallest absolute Gasteiger partial charge is 0.405 e. The Morgan fingerprint density at radius 2 is 2.00 bits per heavy atom. The number of rotatable bonds is 6. The van der Waals surface area contributed by atoms with Crippen molar-refractivity contribution in [1.82, 2.24) is 15.4 Å². The third-order valence-corrected chi connectivity index (χ3v) is 6.20. The van der Waals surface area contributed by atoms with E-state index < -0.39 is 18.2 Å². The number of aromatic nitrogens is 1. The fourth-order valence-corrected chi connectivity index (χ4v) is 4.42. The molecule has 3 amide bonds. The highest BCUT2D eigenvalue weighted by Gasteiger charge is 2.43. The van der Waals surface area contributed by atoms with E-state index in [1.807, 2.05) is 6.07 Å². The molecule has 166 valence electrons. The summed E-state index contributed by atoms with van der Waals surface area (Å²) in [7, 11) is 0. The van der Waals surface area contributed by atoms with Crippen molar-refractivity contribution in [2.45, 2.75) is 57.2 Å². The van der Waals surface area contributed by atoms with Crippen molar-refractivity contribution in [2.24, 2.45) is 11.7 Å². The van der Waals surface area contributed by atoms with Crippen LogP contribution >= 0.6 is 0 Å². The van der Waals surface area contributed by atoms with E-state index in [2.05, 4.69) is 10.5 Å². The molecule has 0 spiro atoms. The molecule has 10 heteroatoms. The average Bonchev–Trinajstić information content (AvgIpc) is 3.10. The van der Waals surface area contributed by atoms with Crippen LogP contribution in [0.3, 0.4) is 0 Å². The third-order valence-electron chi connectivity index (χ3n) is 6.20. The summed E-state index contributed by atoms with van der Waals surface area (Å²) < 4.78 is 10.3. The number of primary amides is 1. The number of nitrogens with two attached hydrogens (primary N) is 2. The van der Waals surface area contributed by atoms with Crippen LogP contribution in [0, 0.1) is 5.92 Å². The van der Waals surface area contributed by atoms with Crippen LogP contribution in [0.1, 0.15) is 44.1 Å². The van der Waals surface area contributed by atoms with Gasteiger partial charge in [-0.05, 0) is 37.0 Å². The summed E-state index contributed by atoms with van der Waals surface area (Å²) in [4.78, 5) is 38.7. The summed E-state index contributed by atoms with van der Waals surface area (Å²) in [5.41, 5.74) is 12.3. The fourth-order valence-electron chi connectivity index (χ4n) is 4.42. The first-order valence-corrected chi connectivity index (χ1v) is 10.6. The molecule has 1 aliphatic heterocycles. The zero-order valence-corrected chi connectivity index (χ0v) is 17.2. The maximum Gasteiger partial charge on any atom is 0.405 e. The average molecular weight is 429 g/mol. The highest BCUT2D eigenvalue weighted by molar-refractivity contribution is 5.92. The van der Waals surface area contributed by atoms with Gasteiger partial charge in [-0.15, -0.1) is 0 Å². The molecule has 2 fully saturated rings. The number of nitrogens with one attached hydrogen (secondary N) is 1. The predicted molar refractivity (Wildman–Crippen MR) is 111 cm³/mol. The van der Waals surface area contributed by atoms with Gasteiger partial charge in [0, 0.05) is 19.0 Å². The quantitative estimate of drug-likeness (QED) is 0.631. The van der Waals surface area contributed by atoms with E-state index in [0.717, 1.165) is 37.7 Å². The van der Waals surface area contributed by atoms with Crippen LogP contribution < -0.4 is 16.8 Å². The van der Waals surface area contributed by atoms with E-state index in [1.54, 1.807) is 12.1 Å². The molecule has 0 unspecified atom stereocenters. The van der Waals surface area contributed by atoms with Gasteiger partial charge in [-0.25, -0.2) is 4.79 Å². The van der Waals surface area contributed by atoms with Gasteiger partial charge in [-0.2, -0.15) is 0 Å². The van der Waals surface area contributed by atoms with Crippen molar-refractivity contribution in [3.8, 4) is 0 Å². The van der Waals surface area contributed by atoms with Gasteiger partial charge in [0.25, 0.3) is 5.91 Å². The zero-order chi connectivity index (χ0) is 22.0. The Labute approximate surface area is 179 Å². The maximum atomic E-state index is 13.1. The van der Waals surface area contributed by atoms with Crippen LogP contribution in [0.15, 0.2) is 22.7 Å². The zero-order valence-electron chi connectivity index (χ0n) is 17.2. The normalized spacial score (nSPS) is 20.1. The Bertz CT molecular complexity index is 984. The van der Waals surface area contributed by atoms with Gasteiger partial charge < -0.3 is 30.9 Å². The Balaban J connectivity index is 1.37. The van der Waals surface area contributed by atoms with Crippen LogP contribution in [-0.2, 0) is 20.9 Å². The second kappa shape index (κ2) is 8.83. The Morgan fingerprint density at radius 3 is 2.68 bits per heavy atom. The van der Waals surface area contributed by atoms with Crippen molar-refractivity contribution >= 4 is 34.7 Å². The van der Waals surface area contributed by atoms with Crippen molar-refractivity contribution in [1.29, 1.82) is 0 Å². The number of benzene rings is 1. The van der Waals surface area contributed by atoms with Gasteiger partial charge in [0.2, 0.25) is 5.91 Å². The van der Waals surface area contributed by atoms with Gasteiger partial charge in [-0.1, -0.05) is 30.5 Å². The molecular formula is C21H27N5O5. The molecule has 0 radical (unpaired) electrons. The molecule has 1 saturated carbocycles. The van der Waals surface area contributed by atoms with Crippen LogP contribution in [0.5, 0.6) is 0 Å². The molecule has 1 saturated heterocycles. The number of nitrogens with zero attached hydrogens (tertiary/aromatic N) is 2. The van der Waals surface area contributed by atoms with E-state index in [4.69, 9.17) is 20.7 Å². The Morgan fingerprint density at radius 1 is 1.23 bits per heavy atom. The molecule has 2 aromatic rings. The first-order valence-electron chi connectivity index (χ1n) is 10.6. The van der Waals surface area contributed by atoms with Crippen molar-refractivity contribution in [2.75, 3.05) is 12.3 Å². The second-order valence-electron chi connectivity index (χ2n) is 8.21. The molecule has 4 rings (SSSR count). The number of fused-ring (bicyclic) bond motifs is 1. The number of nitrogen functional groups attached to an aromatic ring is 1. The number of ether oxygens (including phenoxy) is 1. The molecule has 1 aliphatic carbocycles. The van der Waals surface area contributed by atoms with Crippen LogP contribution in [0.25, 0.3) is 11.0 Å². The second-order valence-corrected chi connectivity index (χ2v) is 8.21. The molecular weight excluding hydrogens is 402 g/mol. The lowest BCUT2D eigenvalue weighted by Crippen LogP contribution is -2.61. The van der Waals surface area contributed by atoms with Gasteiger partial charge in [0.15, 0.2) is 17.5 Å². The first kappa shape index (κ1) is 21.0. The standard InChI is InChI=1S/C21H27N5O5/c22-18-14-7-6-12(10-16(14)31-25-18)11-24-19(27)15-8-9-26(15)20(28)17(30-21(23)29)13-4-2-1-3-5-13/h6-7,10,13,15,17H,1-5,8-9,11H2,(H2,22,25)(H2,23,29)(H,24,27)/t15-,17+/m0/s1. The molecule has 0 bridgehead atoms. The predicted octanol–water partition coefficient (Wildman–Crippen LogP) is 1.67. The Kier molecular flexibility index (Phi) is 5.97. The lowest BCUT2D eigenvalue weighted by atomic mass is 9.84. The van der Waals surface area contributed by atoms with Crippen molar-refractivity contribution in [3.63, 3.8) is 0 Å². The number of carbonyl (C=O) groups excluding carboxylic acids is 3. The van der Waals surface area contributed by atoms with E-state index in [1.165, 1.54) is 4.90 Å². The van der Waals surface area contributed by atoms with Gasteiger partial charge in [-0.3, -0.25) is 9.59 Å². The Hall–Kier alpha value is -3.30. The minimum atomic E-state index is -0.964. The molecule has 2 atom stereocenters. The molecule has 2 aliphatic rings. The fraction of sp³-hybridized carbons (Fsp3) is 0.524. The van der Waals surface area contributed by atoms with Gasteiger partial charge >= 0.3 is 6.09 Å². The number of hydrogen-bond acceptors (Lipinski definition) is 7. The van der Waals surface area contributed by atoms with Crippen molar-refractivity contribution in [3.05, 3.63) is 23.8 Å². The van der Waals surface area contributed by atoms with Gasteiger partial charge in [0.05, 0.1) is 5.39 Å². The van der Waals surface area contributed by atoms with Gasteiger partial charge in [0.1, 0.15) is 6.04 Å². The summed E-state index contributed by atoms with van der Waals surface area (Å²) in [6.07, 6.45) is 3.37.